The lowest BCUT2D eigenvalue weighted by Gasteiger charge is -2.46. The molecule has 0 spiro atoms. The summed E-state index contributed by atoms with van der Waals surface area (Å²) in [4.78, 5) is 10.8. The maximum Gasteiger partial charge on any atom is 0.507 e. The van der Waals surface area contributed by atoms with E-state index in [1.807, 2.05) is 13.8 Å². The van der Waals surface area contributed by atoms with E-state index in [-0.39, 0.29) is 17.9 Å². The van der Waals surface area contributed by atoms with Crippen LogP contribution in [0.4, 0.5) is 4.79 Å². The Morgan fingerprint density at radius 1 is 1.53 bits per heavy atom. The summed E-state index contributed by atoms with van der Waals surface area (Å²) in [7, 11) is -1.86. The lowest BCUT2D eigenvalue weighted by atomic mass is 9.59. The lowest BCUT2D eigenvalue weighted by Crippen LogP contribution is -2.41. The van der Waals surface area contributed by atoms with Crippen molar-refractivity contribution in [2.45, 2.75) is 20.3 Å². The highest BCUT2D eigenvalue weighted by Gasteiger charge is 2.44. The van der Waals surface area contributed by atoms with Crippen molar-refractivity contribution in [3.05, 3.63) is 11.0 Å². The molecule has 5 nitrogen and oxygen atoms in total. The van der Waals surface area contributed by atoms with Crippen molar-refractivity contribution in [3.63, 3.8) is 0 Å². The zero-order valence-electron chi connectivity index (χ0n) is 10.5. The van der Waals surface area contributed by atoms with Gasteiger partial charge >= 0.3 is 6.16 Å². The van der Waals surface area contributed by atoms with Gasteiger partial charge < -0.3 is 9.47 Å². The summed E-state index contributed by atoms with van der Waals surface area (Å²) in [6.45, 7) is 4.14. The summed E-state index contributed by atoms with van der Waals surface area (Å²) >= 11 is 0. The molecule has 0 aromatic heterocycles. The summed E-state index contributed by atoms with van der Waals surface area (Å²) in [5.74, 6) is 0.134. The molecule has 1 aliphatic rings. The Kier molecular flexibility index (Phi) is 3.86. The van der Waals surface area contributed by atoms with Crippen LogP contribution >= 0.6 is 0 Å². The van der Waals surface area contributed by atoms with E-state index in [0.29, 0.717) is 6.42 Å². The molecular weight excluding hydrogens is 244 g/mol. The van der Waals surface area contributed by atoms with Gasteiger partial charge in [-0.3, -0.25) is 0 Å². The summed E-state index contributed by atoms with van der Waals surface area (Å²) in [5.41, 5.74) is 0.621. The highest BCUT2D eigenvalue weighted by molar-refractivity contribution is 7.93. The monoisotopic (exact) mass is 262 g/mol. The van der Waals surface area contributed by atoms with E-state index in [9.17, 15) is 13.2 Å². The summed E-state index contributed by atoms with van der Waals surface area (Å²) in [6.07, 6.45) is 1.10. The molecule has 0 saturated heterocycles. The predicted molar refractivity (Wildman–Crippen MR) is 63.2 cm³/mol. The van der Waals surface area contributed by atoms with E-state index in [1.165, 1.54) is 18.8 Å². The van der Waals surface area contributed by atoms with Gasteiger partial charge in [-0.25, -0.2) is 13.2 Å². The zero-order valence-corrected chi connectivity index (χ0v) is 11.3. The fraction of sp³-hybridized carbons (Fsp3) is 0.727. The van der Waals surface area contributed by atoms with Crippen LogP contribution in [0.2, 0.25) is 0 Å². The van der Waals surface area contributed by atoms with Crippen LogP contribution in [0.1, 0.15) is 20.3 Å². The van der Waals surface area contributed by atoms with Crippen LogP contribution in [0.5, 0.6) is 0 Å². The molecule has 0 N–H and O–H groups in total. The van der Waals surface area contributed by atoms with E-state index in [0.717, 1.165) is 5.57 Å². The Morgan fingerprint density at radius 3 is 2.53 bits per heavy atom. The fourth-order valence-corrected chi connectivity index (χ4v) is 2.78. The van der Waals surface area contributed by atoms with Crippen LogP contribution in [-0.2, 0) is 19.3 Å². The number of carbonyl (C=O) groups is 1. The second-order valence-electron chi connectivity index (χ2n) is 4.86. The van der Waals surface area contributed by atoms with Crippen LogP contribution in [0.15, 0.2) is 11.0 Å². The molecule has 6 heteroatoms. The Bertz CT molecular complexity index is 433. The number of rotatable bonds is 3. The third-order valence-corrected chi connectivity index (χ3v) is 3.95. The molecule has 1 rings (SSSR count). The van der Waals surface area contributed by atoms with Crippen molar-refractivity contribution in [1.29, 1.82) is 0 Å². The van der Waals surface area contributed by atoms with Gasteiger partial charge in [-0.2, -0.15) is 0 Å². The zero-order chi connectivity index (χ0) is 13.3. The summed E-state index contributed by atoms with van der Waals surface area (Å²) < 4.78 is 31.6. The van der Waals surface area contributed by atoms with Crippen molar-refractivity contribution in [1.82, 2.24) is 0 Å². The first-order valence-corrected chi connectivity index (χ1v) is 7.24. The van der Waals surface area contributed by atoms with Gasteiger partial charge in [0.05, 0.1) is 13.7 Å². The minimum atomic E-state index is -3.11. The number of methoxy groups -OCH3 is 1. The topological polar surface area (TPSA) is 69.7 Å². The summed E-state index contributed by atoms with van der Waals surface area (Å²) in [5, 5.41) is 1.31. The minimum Gasteiger partial charge on any atom is -0.438 e. The van der Waals surface area contributed by atoms with Gasteiger partial charge in [0.25, 0.3) is 0 Å². The van der Waals surface area contributed by atoms with Crippen molar-refractivity contribution in [3.8, 4) is 0 Å². The molecule has 0 aromatic carbocycles. The highest BCUT2D eigenvalue weighted by atomic mass is 32.2. The molecule has 0 aromatic rings. The average molecular weight is 262 g/mol. The van der Waals surface area contributed by atoms with E-state index in [4.69, 9.17) is 4.74 Å². The third kappa shape index (κ3) is 3.46. The lowest BCUT2D eigenvalue weighted by molar-refractivity contribution is 0.0239. The Labute approximate surface area is 102 Å². The number of hydrogen-bond acceptors (Lipinski definition) is 5. The molecule has 1 aliphatic carbocycles. The average Bonchev–Trinajstić information content (AvgIpc) is 2.20. The van der Waals surface area contributed by atoms with E-state index < -0.39 is 16.0 Å². The molecule has 98 valence electrons. The van der Waals surface area contributed by atoms with Crippen LogP contribution in [0.3, 0.4) is 0 Å². The molecule has 17 heavy (non-hydrogen) atoms. The summed E-state index contributed by atoms with van der Waals surface area (Å²) in [6, 6.07) is 0. The predicted octanol–water partition coefficient (Wildman–Crippen LogP) is 1.74. The second-order valence-corrected chi connectivity index (χ2v) is 6.76. The standard InChI is InChI=1S/C11H18O5S/c1-11(2)8(6-16-10(12)15-3)5-9(11)7-17(4,13)14/h7-8H,5-6H2,1-4H3. The molecule has 1 saturated carbocycles. The Balaban J connectivity index is 2.62. The maximum atomic E-state index is 11.2. The van der Waals surface area contributed by atoms with Gasteiger partial charge in [0.15, 0.2) is 9.84 Å². The highest BCUT2D eigenvalue weighted by Crippen LogP contribution is 2.51. The van der Waals surface area contributed by atoms with Crippen molar-refractivity contribution < 1.29 is 22.7 Å². The maximum absolute atomic E-state index is 11.2. The number of ether oxygens (including phenoxy) is 2. The molecule has 1 unspecified atom stereocenters. The number of allylic oxidation sites excluding steroid dienone is 1. The SMILES string of the molecule is COC(=O)OCC1CC(=CS(C)(=O)=O)C1(C)C. The number of carbonyl (C=O) groups excluding carboxylic acids is 1. The normalized spacial score (nSPS) is 25.2. The first-order valence-electron chi connectivity index (χ1n) is 5.28. The third-order valence-electron chi connectivity index (χ3n) is 3.24. The quantitative estimate of drug-likeness (QED) is 0.725. The van der Waals surface area contributed by atoms with Gasteiger partial charge in [0.2, 0.25) is 0 Å². The molecule has 0 bridgehead atoms. The molecule has 0 radical (unpaired) electrons. The van der Waals surface area contributed by atoms with Gasteiger partial charge in [-0.05, 0) is 11.8 Å². The first-order chi connectivity index (χ1) is 7.66. The molecule has 0 amide bonds. The van der Waals surface area contributed by atoms with Crippen molar-refractivity contribution in [2.24, 2.45) is 11.3 Å². The van der Waals surface area contributed by atoms with Gasteiger partial charge in [-0.15, -0.1) is 0 Å². The van der Waals surface area contributed by atoms with Gasteiger partial charge in [-0.1, -0.05) is 19.4 Å². The molecule has 1 fully saturated rings. The van der Waals surface area contributed by atoms with Crippen LogP contribution in [0, 0.1) is 11.3 Å². The van der Waals surface area contributed by atoms with Gasteiger partial charge in [0.1, 0.15) is 0 Å². The van der Waals surface area contributed by atoms with Crippen LogP contribution in [-0.4, -0.2) is 34.5 Å². The number of sulfone groups is 1. The second kappa shape index (κ2) is 4.68. The molecular formula is C11H18O5S. The van der Waals surface area contributed by atoms with Crippen LogP contribution in [0.25, 0.3) is 0 Å². The molecule has 1 atom stereocenters. The minimum absolute atomic E-state index is 0.134. The molecule has 0 aliphatic heterocycles. The first kappa shape index (κ1) is 14.0. The molecule has 0 heterocycles. The Hall–Kier alpha value is -1.04. The smallest absolute Gasteiger partial charge is 0.438 e. The fourth-order valence-electron chi connectivity index (χ4n) is 1.87. The van der Waals surface area contributed by atoms with Gasteiger partial charge in [0, 0.05) is 17.6 Å². The van der Waals surface area contributed by atoms with Crippen LogP contribution < -0.4 is 0 Å². The largest absolute Gasteiger partial charge is 0.507 e. The van der Waals surface area contributed by atoms with E-state index >= 15 is 0 Å². The van der Waals surface area contributed by atoms with Crippen molar-refractivity contribution >= 4 is 16.0 Å². The van der Waals surface area contributed by atoms with E-state index in [2.05, 4.69) is 4.74 Å². The van der Waals surface area contributed by atoms with E-state index in [1.54, 1.807) is 0 Å². The number of hydrogen-bond donors (Lipinski definition) is 0. The van der Waals surface area contributed by atoms with Crippen molar-refractivity contribution in [2.75, 3.05) is 20.0 Å². The Morgan fingerprint density at radius 2 is 2.12 bits per heavy atom.